The topological polar surface area (TPSA) is 72.7 Å². The van der Waals surface area contributed by atoms with Crippen LogP contribution in [0.5, 0.6) is 11.5 Å². The second-order valence-corrected chi connectivity index (χ2v) is 5.53. The molecule has 0 saturated heterocycles. The van der Waals surface area contributed by atoms with Gasteiger partial charge in [0, 0.05) is 44.6 Å². The Hall–Kier alpha value is -2.11. The van der Waals surface area contributed by atoms with E-state index in [0.717, 1.165) is 13.0 Å². The summed E-state index contributed by atoms with van der Waals surface area (Å²) in [5.41, 5.74) is 0.556. The van der Waals surface area contributed by atoms with Crippen LogP contribution in [-0.4, -0.2) is 42.6 Å². The molecule has 0 atom stereocenters. The number of hydrogen-bond donors (Lipinski definition) is 2. The predicted octanol–water partition coefficient (Wildman–Crippen LogP) is 3.26. The third kappa shape index (κ3) is 7.87. The van der Waals surface area contributed by atoms with Gasteiger partial charge in [0.15, 0.2) is 17.5 Å². The highest BCUT2D eigenvalue weighted by atomic mass is 127. The van der Waals surface area contributed by atoms with Crippen molar-refractivity contribution < 1.29 is 18.3 Å². The van der Waals surface area contributed by atoms with Gasteiger partial charge in [-0.3, -0.25) is 9.67 Å². The van der Waals surface area contributed by atoms with Crippen molar-refractivity contribution in [2.45, 2.75) is 33.0 Å². The summed E-state index contributed by atoms with van der Waals surface area (Å²) in [5.74, 6) is 0.899. The fraction of sp³-hybridized carbons (Fsp3) is 0.444. The smallest absolute Gasteiger partial charge is 0.387 e. The number of halogens is 3. The second kappa shape index (κ2) is 13.1. The molecule has 0 spiro atoms. The van der Waals surface area contributed by atoms with Crippen molar-refractivity contribution >= 4 is 29.9 Å². The molecule has 0 unspecified atom stereocenters. The van der Waals surface area contributed by atoms with Crippen LogP contribution in [0.15, 0.2) is 41.7 Å². The summed E-state index contributed by atoms with van der Waals surface area (Å²) in [5, 5.41) is 10.4. The number of guanidine groups is 1. The van der Waals surface area contributed by atoms with Gasteiger partial charge in [-0.05, 0) is 25.5 Å². The standard InChI is InChI=1S/C18H25F2N5O2.HI/c1-3-26-15-8-4-7-14(16(15)27-17(19)20)13-23-18(21-2)22-9-5-11-25-12-6-10-24-25;/h4,6-8,10,12,17H,3,5,9,11,13H2,1-2H3,(H2,21,22,23);1H. The van der Waals surface area contributed by atoms with Crippen molar-refractivity contribution in [3.8, 4) is 11.5 Å². The highest BCUT2D eigenvalue weighted by Crippen LogP contribution is 2.32. The highest BCUT2D eigenvalue weighted by Gasteiger charge is 2.15. The molecule has 2 N–H and O–H groups in total. The third-order valence-electron chi connectivity index (χ3n) is 3.65. The molecule has 0 radical (unpaired) electrons. The zero-order chi connectivity index (χ0) is 19.5. The van der Waals surface area contributed by atoms with Gasteiger partial charge in [0.2, 0.25) is 0 Å². The summed E-state index contributed by atoms with van der Waals surface area (Å²) in [6, 6.07) is 6.93. The van der Waals surface area contributed by atoms with Crippen LogP contribution in [0.4, 0.5) is 8.78 Å². The Morgan fingerprint density at radius 1 is 1.29 bits per heavy atom. The predicted molar refractivity (Wildman–Crippen MR) is 115 cm³/mol. The Morgan fingerprint density at radius 2 is 2.11 bits per heavy atom. The average Bonchev–Trinajstić information content (AvgIpc) is 3.16. The largest absolute Gasteiger partial charge is 0.490 e. The molecule has 1 heterocycles. The lowest BCUT2D eigenvalue weighted by Gasteiger charge is -2.17. The van der Waals surface area contributed by atoms with Crippen molar-refractivity contribution in [3.05, 3.63) is 42.2 Å². The van der Waals surface area contributed by atoms with E-state index in [1.54, 1.807) is 38.4 Å². The highest BCUT2D eigenvalue weighted by molar-refractivity contribution is 14.0. The van der Waals surface area contributed by atoms with Crippen LogP contribution in [0.1, 0.15) is 18.9 Å². The minimum absolute atomic E-state index is 0. The van der Waals surface area contributed by atoms with Gasteiger partial charge in [-0.1, -0.05) is 12.1 Å². The van der Waals surface area contributed by atoms with Gasteiger partial charge in [0.25, 0.3) is 0 Å². The maximum Gasteiger partial charge on any atom is 0.387 e. The van der Waals surface area contributed by atoms with Crippen LogP contribution < -0.4 is 20.1 Å². The number of alkyl halides is 2. The van der Waals surface area contributed by atoms with Crippen LogP contribution in [0.3, 0.4) is 0 Å². The minimum atomic E-state index is -2.93. The molecule has 10 heteroatoms. The minimum Gasteiger partial charge on any atom is -0.490 e. The van der Waals surface area contributed by atoms with Crippen LogP contribution in [0, 0.1) is 0 Å². The zero-order valence-corrected chi connectivity index (χ0v) is 18.2. The number of rotatable bonds is 10. The fourth-order valence-electron chi connectivity index (χ4n) is 2.47. The number of nitrogens with zero attached hydrogens (tertiary/aromatic N) is 3. The van der Waals surface area contributed by atoms with E-state index >= 15 is 0 Å². The van der Waals surface area contributed by atoms with E-state index in [0.29, 0.717) is 30.4 Å². The summed E-state index contributed by atoms with van der Waals surface area (Å²) in [4.78, 5) is 4.14. The molecule has 0 aliphatic heterocycles. The van der Waals surface area contributed by atoms with Crippen molar-refractivity contribution in [1.82, 2.24) is 20.4 Å². The van der Waals surface area contributed by atoms with Gasteiger partial charge in [-0.15, -0.1) is 24.0 Å². The summed E-state index contributed by atoms with van der Waals surface area (Å²) in [6.45, 7) is 0.966. The van der Waals surface area contributed by atoms with Crippen molar-refractivity contribution in [2.24, 2.45) is 4.99 Å². The summed E-state index contributed by atoms with van der Waals surface area (Å²) >= 11 is 0. The number of nitrogens with one attached hydrogen (secondary N) is 2. The fourth-order valence-corrected chi connectivity index (χ4v) is 2.47. The van der Waals surface area contributed by atoms with Crippen LogP contribution >= 0.6 is 24.0 Å². The molecule has 156 valence electrons. The average molecular weight is 509 g/mol. The number of hydrogen-bond acceptors (Lipinski definition) is 4. The van der Waals surface area contributed by atoms with E-state index in [1.165, 1.54) is 0 Å². The molecular weight excluding hydrogens is 483 g/mol. The van der Waals surface area contributed by atoms with Gasteiger partial charge in [-0.25, -0.2) is 0 Å². The molecule has 1 aromatic heterocycles. The van der Waals surface area contributed by atoms with E-state index < -0.39 is 6.61 Å². The molecule has 2 rings (SSSR count). The molecule has 0 bridgehead atoms. The number of ether oxygens (including phenoxy) is 2. The van der Waals surface area contributed by atoms with E-state index in [9.17, 15) is 8.78 Å². The van der Waals surface area contributed by atoms with Crippen LogP contribution in [0.25, 0.3) is 0 Å². The molecule has 0 fully saturated rings. The normalized spacial score (nSPS) is 11.1. The first kappa shape index (κ1) is 23.9. The SMILES string of the molecule is CCOc1cccc(CNC(=NC)NCCCn2cccn2)c1OC(F)F.I. The van der Waals surface area contributed by atoms with Crippen molar-refractivity contribution in [1.29, 1.82) is 0 Å². The molecule has 0 aliphatic rings. The number of aliphatic imine (C=N–C) groups is 1. The van der Waals surface area contributed by atoms with Gasteiger partial charge in [0.05, 0.1) is 6.61 Å². The number of benzene rings is 1. The monoisotopic (exact) mass is 509 g/mol. The van der Waals surface area contributed by atoms with E-state index in [2.05, 4.69) is 25.5 Å². The van der Waals surface area contributed by atoms with E-state index in [-0.39, 0.29) is 36.3 Å². The van der Waals surface area contributed by atoms with Crippen LogP contribution in [-0.2, 0) is 13.1 Å². The quantitative estimate of drug-likeness (QED) is 0.223. The molecular formula is C18H26F2IN5O2. The van der Waals surface area contributed by atoms with Crippen molar-refractivity contribution in [2.75, 3.05) is 20.2 Å². The molecule has 2 aromatic rings. The molecule has 0 aliphatic carbocycles. The van der Waals surface area contributed by atoms with E-state index in [1.807, 2.05) is 16.9 Å². The first-order valence-electron chi connectivity index (χ1n) is 8.75. The van der Waals surface area contributed by atoms with Crippen molar-refractivity contribution in [3.63, 3.8) is 0 Å². The van der Waals surface area contributed by atoms with E-state index in [4.69, 9.17) is 4.74 Å². The Bertz CT molecular complexity index is 714. The lowest BCUT2D eigenvalue weighted by Crippen LogP contribution is -2.37. The Morgan fingerprint density at radius 3 is 2.75 bits per heavy atom. The molecule has 1 aromatic carbocycles. The molecule has 0 saturated carbocycles. The number of para-hydroxylation sites is 1. The summed E-state index contributed by atoms with van der Waals surface area (Å²) < 4.78 is 37.4. The maximum atomic E-state index is 12.8. The first-order chi connectivity index (χ1) is 13.1. The first-order valence-corrected chi connectivity index (χ1v) is 8.75. The number of aryl methyl sites for hydroxylation is 1. The summed E-state index contributed by atoms with van der Waals surface area (Å²) in [7, 11) is 1.65. The lowest BCUT2D eigenvalue weighted by atomic mass is 10.2. The molecule has 28 heavy (non-hydrogen) atoms. The second-order valence-electron chi connectivity index (χ2n) is 5.53. The van der Waals surface area contributed by atoms with Gasteiger partial charge >= 0.3 is 6.61 Å². The van der Waals surface area contributed by atoms with Gasteiger partial charge in [-0.2, -0.15) is 13.9 Å². The third-order valence-corrected chi connectivity index (χ3v) is 3.65. The number of aromatic nitrogens is 2. The van der Waals surface area contributed by atoms with Crippen LogP contribution in [0.2, 0.25) is 0 Å². The zero-order valence-electron chi connectivity index (χ0n) is 15.9. The maximum absolute atomic E-state index is 12.8. The molecule has 7 nitrogen and oxygen atoms in total. The Kier molecular flexibility index (Phi) is 11.2. The Labute approximate surface area is 180 Å². The van der Waals surface area contributed by atoms with Gasteiger partial charge < -0.3 is 20.1 Å². The molecule has 0 amide bonds. The summed E-state index contributed by atoms with van der Waals surface area (Å²) in [6.07, 6.45) is 4.51. The van der Waals surface area contributed by atoms with Gasteiger partial charge in [0.1, 0.15) is 0 Å². The lowest BCUT2D eigenvalue weighted by molar-refractivity contribution is -0.0520. The Balaban J connectivity index is 0.00000392.